The molecule has 0 bridgehead atoms. The van der Waals surface area contributed by atoms with E-state index in [1.54, 1.807) is 0 Å². The molecule has 2 atom stereocenters. The minimum Gasteiger partial charge on any atom is -0.275 e. The van der Waals surface area contributed by atoms with E-state index in [1.807, 2.05) is 0 Å². The normalized spacial score (nSPS) is 31.9. The molecule has 3 nitrogen and oxygen atoms in total. The molecule has 2 rings (SSSR count). The van der Waals surface area contributed by atoms with Crippen molar-refractivity contribution in [3.05, 3.63) is 12.2 Å². The lowest BCUT2D eigenvalue weighted by atomic mass is 10.1. The Bertz CT molecular complexity index is 278. The van der Waals surface area contributed by atoms with Crippen molar-refractivity contribution >= 4 is 11.8 Å². The van der Waals surface area contributed by atoms with Crippen molar-refractivity contribution in [1.29, 1.82) is 0 Å². The summed E-state index contributed by atoms with van der Waals surface area (Å²) in [6.45, 7) is 2.85. The lowest BCUT2D eigenvalue weighted by Gasteiger charge is -2.18. The van der Waals surface area contributed by atoms with Gasteiger partial charge in [-0.15, -0.1) is 0 Å². The molecule has 1 fully saturated rings. The van der Waals surface area contributed by atoms with Crippen LogP contribution in [0, 0.1) is 11.8 Å². The highest BCUT2D eigenvalue weighted by Crippen LogP contribution is 2.31. The van der Waals surface area contributed by atoms with Crippen LogP contribution in [0.3, 0.4) is 0 Å². The summed E-state index contributed by atoms with van der Waals surface area (Å²) in [7, 11) is 0. The van der Waals surface area contributed by atoms with Gasteiger partial charge in [-0.3, -0.25) is 14.5 Å². The maximum Gasteiger partial charge on any atom is 0.253 e. The van der Waals surface area contributed by atoms with Crippen molar-refractivity contribution in [2.24, 2.45) is 11.8 Å². The second kappa shape index (κ2) is 3.56. The van der Waals surface area contributed by atoms with Gasteiger partial charge in [-0.2, -0.15) is 0 Å². The molecule has 0 saturated heterocycles. The Kier molecular flexibility index (Phi) is 2.40. The van der Waals surface area contributed by atoms with Crippen LogP contribution in [0.5, 0.6) is 0 Å². The van der Waals surface area contributed by atoms with Crippen LogP contribution in [0.15, 0.2) is 12.2 Å². The molecule has 0 N–H and O–H groups in total. The number of hydrogen-bond acceptors (Lipinski definition) is 2. The van der Waals surface area contributed by atoms with E-state index in [4.69, 9.17) is 0 Å². The van der Waals surface area contributed by atoms with Gasteiger partial charge in [-0.25, -0.2) is 0 Å². The van der Waals surface area contributed by atoms with Gasteiger partial charge in [0.05, 0.1) is 0 Å². The van der Waals surface area contributed by atoms with E-state index < -0.39 is 0 Å². The second-order valence-corrected chi connectivity index (χ2v) is 4.40. The standard InChI is InChI=1S/C11H15NO2/c1-8-2-3-9(6-8)7-12-10(13)4-5-11(12)14/h4-5,8-9H,2-3,6-7H2,1H3. The van der Waals surface area contributed by atoms with Crippen LogP contribution >= 0.6 is 0 Å². The first kappa shape index (κ1) is 9.44. The molecule has 1 saturated carbocycles. The Morgan fingerprint density at radius 1 is 1.29 bits per heavy atom. The molecule has 14 heavy (non-hydrogen) atoms. The van der Waals surface area contributed by atoms with Crippen LogP contribution in [0.4, 0.5) is 0 Å². The first-order chi connectivity index (χ1) is 6.66. The number of carbonyl (C=O) groups excluding carboxylic acids is 2. The van der Waals surface area contributed by atoms with Gasteiger partial charge in [0.2, 0.25) is 0 Å². The number of amides is 2. The van der Waals surface area contributed by atoms with Gasteiger partial charge in [-0.1, -0.05) is 13.3 Å². The summed E-state index contributed by atoms with van der Waals surface area (Å²) in [5.74, 6) is 0.989. The molecule has 1 aliphatic heterocycles. The number of rotatable bonds is 2. The summed E-state index contributed by atoms with van der Waals surface area (Å²) >= 11 is 0. The quantitative estimate of drug-likeness (QED) is 0.621. The average molecular weight is 193 g/mol. The van der Waals surface area contributed by atoms with E-state index in [0.717, 1.165) is 18.8 Å². The first-order valence-corrected chi connectivity index (χ1v) is 5.20. The Hall–Kier alpha value is -1.12. The second-order valence-electron chi connectivity index (χ2n) is 4.40. The maximum atomic E-state index is 11.3. The third-order valence-electron chi connectivity index (χ3n) is 3.14. The Morgan fingerprint density at radius 3 is 2.43 bits per heavy atom. The van der Waals surface area contributed by atoms with Gasteiger partial charge in [0.25, 0.3) is 11.8 Å². The molecule has 0 aromatic heterocycles. The van der Waals surface area contributed by atoms with Gasteiger partial charge in [-0.05, 0) is 24.7 Å². The van der Waals surface area contributed by atoms with Crippen LogP contribution < -0.4 is 0 Å². The molecule has 3 heteroatoms. The van der Waals surface area contributed by atoms with Gasteiger partial charge in [0.15, 0.2) is 0 Å². The molecule has 0 aromatic carbocycles. The molecular formula is C11H15NO2. The lowest BCUT2D eigenvalue weighted by Crippen LogP contribution is -2.34. The summed E-state index contributed by atoms with van der Waals surface area (Å²) in [5, 5.41) is 0. The van der Waals surface area contributed by atoms with Crippen molar-refractivity contribution in [1.82, 2.24) is 4.90 Å². The highest BCUT2D eigenvalue weighted by atomic mass is 16.2. The van der Waals surface area contributed by atoms with Crippen molar-refractivity contribution in [2.75, 3.05) is 6.54 Å². The molecule has 1 aliphatic carbocycles. The van der Waals surface area contributed by atoms with E-state index in [1.165, 1.54) is 23.5 Å². The zero-order chi connectivity index (χ0) is 10.1. The zero-order valence-electron chi connectivity index (χ0n) is 8.40. The van der Waals surface area contributed by atoms with Crippen LogP contribution in [-0.2, 0) is 9.59 Å². The molecule has 1 heterocycles. The number of imide groups is 1. The van der Waals surface area contributed by atoms with E-state index in [0.29, 0.717) is 12.5 Å². The minimum absolute atomic E-state index is 0.144. The molecule has 2 aliphatic rings. The SMILES string of the molecule is CC1CCC(CN2C(=O)C=CC2=O)C1. The average Bonchev–Trinajstić information content (AvgIpc) is 2.67. The van der Waals surface area contributed by atoms with Gasteiger partial charge in [0, 0.05) is 18.7 Å². The van der Waals surface area contributed by atoms with Crippen molar-refractivity contribution in [3.63, 3.8) is 0 Å². The summed E-state index contributed by atoms with van der Waals surface area (Å²) in [6, 6.07) is 0. The summed E-state index contributed by atoms with van der Waals surface area (Å²) in [5.41, 5.74) is 0. The van der Waals surface area contributed by atoms with Crippen molar-refractivity contribution in [2.45, 2.75) is 26.2 Å². The van der Waals surface area contributed by atoms with E-state index in [-0.39, 0.29) is 11.8 Å². The predicted octanol–water partition coefficient (Wildman–Crippen LogP) is 1.35. The Balaban J connectivity index is 1.92. The maximum absolute atomic E-state index is 11.3. The third kappa shape index (κ3) is 1.72. The van der Waals surface area contributed by atoms with Gasteiger partial charge in [0.1, 0.15) is 0 Å². The number of hydrogen-bond donors (Lipinski definition) is 0. The highest BCUT2D eigenvalue weighted by Gasteiger charge is 2.29. The van der Waals surface area contributed by atoms with Crippen molar-refractivity contribution in [3.8, 4) is 0 Å². The highest BCUT2D eigenvalue weighted by molar-refractivity contribution is 6.12. The first-order valence-electron chi connectivity index (χ1n) is 5.20. The molecule has 0 radical (unpaired) electrons. The van der Waals surface area contributed by atoms with E-state index >= 15 is 0 Å². The summed E-state index contributed by atoms with van der Waals surface area (Å²) in [6.07, 6.45) is 6.25. The van der Waals surface area contributed by atoms with E-state index in [9.17, 15) is 9.59 Å². The molecular weight excluding hydrogens is 178 g/mol. The summed E-state index contributed by atoms with van der Waals surface area (Å²) in [4.78, 5) is 23.9. The molecule has 0 spiro atoms. The Labute approximate surface area is 83.8 Å². The minimum atomic E-state index is -0.144. The molecule has 2 amide bonds. The zero-order valence-corrected chi connectivity index (χ0v) is 8.40. The summed E-state index contributed by atoms with van der Waals surface area (Å²) < 4.78 is 0. The van der Waals surface area contributed by atoms with Crippen LogP contribution in [0.2, 0.25) is 0 Å². The number of carbonyl (C=O) groups is 2. The van der Waals surface area contributed by atoms with Crippen molar-refractivity contribution < 1.29 is 9.59 Å². The fraction of sp³-hybridized carbons (Fsp3) is 0.636. The molecule has 2 unspecified atom stereocenters. The topological polar surface area (TPSA) is 37.4 Å². The molecule has 0 aromatic rings. The smallest absolute Gasteiger partial charge is 0.253 e. The predicted molar refractivity (Wildman–Crippen MR) is 52.4 cm³/mol. The Morgan fingerprint density at radius 2 is 1.93 bits per heavy atom. The monoisotopic (exact) mass is 193 g/mol. The fourth-order valence-electron chi connectivity index (χ4n) is 2.36. The fourth-order valence-corrected chi connectivity index (χ4v) is 2.36. The molecule has 76 valence electrons. The number of nitrogens with zero attached hydrogens (tertiary/aromatic N) is 1. The third-order valence-corrected chi connectivity index (χ3v) is 3.14. The van der Waals surface area contributed by atoms with Gasteiger partial charge < -0.3 is 0 Å². The largest absolute Gasteiger partial charge is 0.275 e. The van der Waals surface area contributed by atoms with E-state index in [2.05, 4.69) is 6.92 Å². The van der Waals surface area contributed by atoms with Gasteiger partial charge >= 0.3 is 0 Å². The van der Waals surface area contributed by atoms with Crippen LogP contribution in [0.1, 0.15) is 26.2 Å². The lowest BCUT2D eigenvalue weighted by molar-refractivity contribution is -0.137. The van der Waals surface area contributed by atoms with Crippen LogP contribution in [0.25, 0.3) is 0 Å². The van der Waals surface area contributed by atoms with Crippen LogP contribution in [-0.4, -0.2) is 23.3 Å².